The Labute approximate surface area is 129 Å². The smallest absolute Gasteiger partial charge is 0.225 e. The molecule has 1 N–H and O–H groups in total. The minimum atomic E-state index is -0.0978. The lowest BCUT2D eigenvalue weighted by atomic mass is 9.96. The molecule has 0 aliphatic carbocycles. The highest BCUT2D eigenvalue weighted by Gasteiger charge is 2.28. The van der Waals surface area contributed by atoms with Crippen LogP contribution < -0.4 is 5.32 Å². The van der Waals surface area contributed by atoms with Crippen molar-refractivity contribution in [3.8, 4) is 0 Å². The van der Waals surface area contributed by atoms with Gasteiger partial charge in [0, 0.05) is 24.9 Å². The van der Waals surface area contributed by atoms with Crippen LogP contribution in [0.25, 0.3) is 0 Å². The Bertz CT molecular complexity index is 541. The van der Waals surface area contributed by atoms with E-state index in [2.05, 4.69) is 10.3 Å². The fourth-order valence-electron chi connectivity index (χ4n) is 2.82. The number of rotatable bonds is 3. The van der Waals surface area contributed by atoms with Gasteiger partial charge in [-0.25, -0.2) is 4.98 Å². The molecule has 6 heteroatoms. The van der Waals surface area contributed by atoms with Gasteiger partial charge in [-0.1, -0.05) is 0 Å². The molecule has 1 aromatic heterocycles. The summed E-state index contributed by atoms with van der Waals surface area (Å²) in [6.45, 7) is 8.80. The molecule has 1 saturated heterocycles. The van der Waals surface area contributed by atoms with E-state index in [1.807, 2.05) is 20.8 Å². The molecule has 2 atom stereocenters. The van der Waals surface area contributed by atoms with Gasteiger partial charge in [0.25, 0.3) is 0 Å². The zero-order valence-corrected chi connectivity index (χ0v) is 13.9. The number of aromatic nitrogens is 1. The second-order valence-corrected chi connectivity index (χ2v) is 6.95. The van der Waals surface area contributed by atoms with Gasteiger partial charge in [0.1, 0.15) is 0 Å². The molecule has 0 unspecified atom stereocenters. The molecule has 1 fully saturated rings. The van der Waals surface area contributed by atoms with Gasteiger partial charge in [-0.05, 0) is 33.6 Å². The maximum Gasteiger partial charge on any atom is 0.225 e. The number of nitrogens with zero attached hydrogens (tertiary/aromatic N) is 2. The van der Waals surface area contributed by atoms with E-state index in [1.165, 1.54) is 0 Å². The SMILES string of the molecule is CC(=O)N1CCC[C@@H](C(=O)N[C@H](C)c2sc(C)nc2C)C1. The van der Waals surface area contributed by atoms with Crippen molar-refractivity contribution in [1.82, 2.24) is 15.2 Å². The van der Waals surface area contributed by atoms with Crippen molar-refractivity contribution in [3.05, 3.63) is 15.6 Å². The standard InChI is InChI=1S/C15H23N3O2S/c1-9-14(21-11(3)16-9)10(2)17-15(20)13-6-5-7-18(8-13)12(4)19/h10,13H,5-8H2,1-4H3,(H,17,20)/t10-,13-/m1/s1. The molecule has 2 rings (SSSR count). The number of hydrogen-bond donors (Lipinski definition) is 1. The number of hydrogen-bond acceptors (Lipinski definition) is 4. The Balaban J connectivity index is 1.97. The van der Waals surface area contributed by atoms with Gasteiger partial charge >= 0.3 is 0 Å². The van der Waals surface area contributed by atoms with Gasteiger partial charge in [-0.3, -0.25) is 9.59 Å². The van der Waals surface area contributed by atoms with Crippen molar-refractivity contribution < 1.29 is 9.59 Å². The molecule has 21 heavy (non-hydrogen) atoms. The van der Waals surface area contributed by atoms with Crippen LogP contribution in [0.15, 0.2) is 0 Å². The van der Waals surface area contributed by atoms with Gasteiger partial charge < -0.3 is 10.2 Å². The van der Waals surface area contributed by atoms with Crippen LogP contribution in [0.5, 0.6) is 0 Å². The highest BCUT2D eigenvalue weighted by molar-refractivity contribution is 7.11. The quantitative estimate of drug-likeness (QED) is 0.931. The first-order chi connectivity index (χ1) is 9.88. The summed E-state index contributed by atoms with van der Waals surface area (Å²) in [5.41, 5.74) is 0.985. The molecular weight excluding hydrogens is 286 g/mol. The lowest BCUT2D eigenvalue weighted by molar-refractivity contribution is -0.134. The Hall–Kier alpha value is -1.43. The summed E-state index contributed by atoms with van der Waals surface area (Å²) in [4.78, 5) is 31.1. The molecule has 0 saturated carbocycles. The van der Waals surface area contributed by atoms with Gasteiger partial charge in [0.15, 0.2) is 0 Å². The average Bonchev–Trinajstić information content (AvgIpc) is 2.77. The summed E-state index contributed by atoms with van der Waals surface area (Å²) in [5.74, 6) is -0.00666. The first-order valence-electron chi connectivity index (χ1n) is 7.38. The summed E-state index contributed by atoms with van der Waals surface area (Å²) in [7, 11) is 0. The van der Waals surface area contributed by atoms with Crippen molar-refractivity contribution in [1.29, 1.82) is 0 Å². The Kier molecular flexibility index (Phi) is 4.98. The Morgan fingerprint density at radius 2 is 2.14 bits per heavy atom. The molecule has 0 spiro atoms. The van der Waals surface area contributed by atoms with Crippen molar-refractivity contribution in [3.63, 3.8) is 0 Å². The third-order valence-electron chi connectivity index (χ3n) is 3.93. The number of likely N-dealkylation sites (tertiary alicyclic amines) is 1. The highest BCUT2D eigenvalue weighted by Crippen LogP contribution is 2.25. The second-order valence-electron chi connectivity index (χ2n) is 5.72. The number of carbonyl (C=O) groups excluding carboxylic acids is 2. The molecule has 5 nitrogen and oxygen atoms in total. The first-order valence-corrected chi connectivity index (χ1v) is 8.20. The molecule has 116 valence electrons. The molecule has 0 radical (unpaired) electrons. The molecule has 0 aromatic carbocycles. The van der Waals surface area contributed by atoms with Crippen molar-refractivity contribution in [2.75, 3.05) is 13.1 Å². The van der Waals surface area contributed by atoms with E-state index < -0.39 is 0 Å². The van der Waals surface area contributed by atoms with Crippen LogP contribution >= 0.6 is 11.3 Å². The van der Waals surface area contributed by atoms with Gasteiger partial charge in [-0.2, -0.15) is 0 Å². The van der Waals surface area contributed by atoms with Crippen molar-refractivity contribution in [2.24, 2.45) is 5.92 Å². The number of thiazole rings is 1. The van der Waals surface area contributed by atoms with Crippen LogP contribution in [0.1, 0.15) is 48.3 Å². The summed E-state index contributed by atoms with van der Waals surface area (Å²) >= 11 is 1.63. The minimum Gasteiger partial charge on any atom is -0.348 e. The predicted octanol–water partition coefficient (Wildman–Crippen LogP) is 2.20. The van der Waals surface area contributed by atoms with E-state index in [9.17, 15) is 9.59 Å². The zero-order valence-electron chi connectivity index (χ0n) is 13.1. The van der Waals surface area contributed by atoms with E-state index in [1.54, 1.807) is 23.2 Å². The predicted molar refractivity (Wildman–Crippen MR) is 83.1 cm³/mol. The molecule has 0 bridgehead atoms. The van der Waals surface area contributed by atoms with Crippen molar-refractivity contribution in [2.45, 2.75) is 46.6 Å². The maximum absolute atomic E-state index is 12.4. The molecule has 2 amide bonds. The minimum absolute atomic E-state index is 0.0311. The summed E-state index contributed by atoms with van der Waals surface area (Å²) in [6.07, 6.45) is 1.74. The van der Waals surface area contributed by atoms with Crippen LogP contribution in [0.4, 0.5) is 0 Å². The third kappa shape index (κ3) is 3.81. The normalized spacial score (nSPS) is 20.2. The van der Waals surface area contributed by atoms with Gasteiger partial charge in [0.2, 0.25) is 11.8 Å². The lowest BCUT2D eigenvalue weighted by Crippen LogP contribution is -2.45. The molecule has 1 aliphatic rings. The second kappa shape index (κ2) is 6.56. The number of piperidine rings is 1. The largest absolute Gasteiger partial charge is 0.348 e. The third-order valence-corrected chi connectivity index (χ3v) is 5.18. The van der Waals surface area contributed by atoms with Crippen LogP contribution in [-0.4, -0.2) is 34.8 Å². The lowest BCUT2D eigenvalue weighted by Gasteiger charge is -2.31. The number of carbonyl (C=O) groups is 2. The van der Waals surface area contributed by atoms with E-state index in [0.29, 0.717) is 6.54 Å². The van der Waals surface area contributed by atoms with E-state index in [-0.39, 0.29) is 23.8 Å². The fourth-order valence-corrected chi connectivity index (χ4v) is 3.75. The summed E-state index contributed by atoms with van der Waals surface area (Å²) < 4.78 is 0. The highest BCUT2D eigenvalue weighted by atomic mass is 32.1. The van der Waals surface area contributed by atoms with Crippen LogP contribution in [0.3, 0.4) is 0 Å². The van der Waals surface area contributed by atoms with Crippen LogP contribution in [0.2, 0.25) is 0 Å². The average molecular weight is 309 g/mol. The monoisotopic (exact) mass is 309 g/mol. The van der Waals surface area contributed by atoms with E-state index in [0.717, 1.165) is 35.0 Å². The molecule has 2 heterocycles. The van der Waals surface area contributed by atoms with E-state index in [4.69, 9.17) is 0 Å². The van der Waals surface area contributed by atoms with Crippen LogP contribution in [0, 0.1) is 19.8 Å². The zero-order chi connectivity index (χ0) is 15.6. The fraction of sp³-hybridized carbons (Fsp3) is 0.667. The molecule has 1 aromatic rings. The molecular formula is C15H23N3O2S. The number of nitrogens with one attached hydrogen (secondary N) is 1. The summed E-state index contributed by atoms with van der Waals surface area (Å²) in [5, 5.41) is 4.09. The Morgan fingerprint density at radius 3 is 2.71 bits per heavy atom. The van der Waals surface area contributed by atoms with Gasteiger partial charge in [0.05, 0.1) is 22.7 Å². The van der Waals surface area contributed by atoms with Gasteiger partial charge in [-0.15, -0.1) is 11.3 Å². The van der Waals surface area contributed by atoms with Crippen LogP contribution in [-0.2, 0) is 9.59 Å². The van der Waals surface area contributed by atoms with E-state index >= 15 is 0 Å². The number of amides is 2. The topological polar surface area (TPSA) is 62.3 Å². The Morgan fingerprint density at radius 1 is 1.43 bits per heavy atom. The number of aryl methyl sites for hydroxylation is 2. The maximum atomic E-state index is 12.4. The molecule has 1 aliphatic heterocycles. The van der Waals surface area contributed by atoms with Crippen molar-refractivity contribution >= 4 is 23.2 Å². The summed E-state index contributed by atoms with van der Waals surface area (Å²) in [6, 6.07) is -0.0311. The first kappa shape index (κ1) is 15.9.